The minimum absolute atomic E-state index is 0.518. The van der Waals surface area contributed by atoms with Crippen molar-refractivity contribution in [2.75, 3.05) is 0 Å². The van der Waals surface area contributed by atoms with Gasteiger partial charge in [0.15, 0.2) is 0 Å². The molecule has 0 aromatic heterocycles. The Bertz CT molecular complexity index is 1050. The molecule has 4 aromatic rings. The molecule has 2 nitrogen and oxygen atoms in total. The maximum Gasteiger partial charge on any atom is 0.124 e. The second-order valence-electron chi connectivity index (χ2n) is 7.53. The van der Waals surface area contributed by atoms with Crippen molar-refractivity contribution in [3.05, 3.63) is 131 Å². The zero-order valence-corrected chi connectivity index (χ0v) is 17.7. The van der Waals surface area contributed by atoms with Gasteiger partial charge in [0.05, 0.1) is 0 Å². The number of hydrogen-bond acceptors (Lipinski definition) is 2. The fourth-order valence-corrected chi connectivity index (χ4v) is 3.21. The fourth-order valence-electron chi connectivity index (χ4n) is 3.21. The average molecular weight is 407 g/mol. The first kappa shape index (κ1) is 20.5. The number of ether oxygens (including phenoxy) is 2. The summed E-state index contributed by atoms with van der Waals surface area (Å²) in [6.45, 7) is 3.13. The number of aryl methyl sites for hydroxylation is 1. The normalized spacial score (nSPS) is 10.9. The molecule has 0 saturated heterocycles. The number of hydrogen-bond donors (Lipinski definition) is 0. The van der Waals surface area contributed by atoms with Crippen LogP contribution in [0.2, 0.25) is 0 Å². The van der Waals surface area contributed by atoms with Gasteiger partial charge in [-0.25, -0.2) is 0 Å². The van der Waals surface area contributed by atoms with E-state index in [1.54, 1.807) is 0 Å². The SMILES string of the molecule is Cc1ccc(/C=C/c2cc(OCc3ccccc3)cc(OCc3ccccc3)c2)cc1. The molecular formula is C29H26O2. The monoisotopic (exact) mass is 406 g/mol. The molecule has 4 aromatic carbocycles. The molecule has 0 aliphatic rings. The van der Waals surface area contributed by atoms with Crippen LogP contribution < -0.4 is 9.47 Å². The van der Waals surface area contributed by atoms with Crippen molar-refractivity contribution >= 4 is 12.2 Å². The molecule has 0 unspecified atom stereocenters. The minimum atomic E-state index is 0.518. The molecule has 2 heteroatoms. The van der Waals surface area contributed by atoms with Crippen molar-refractivity contribution < 1.29 is 9.47 Å². The van der Waals surface area contributed by atoms with E-state index in [-0.39, 0.29) is 0 Å². The van der Waals surface area contributed by atoms with E-state index in [1.165, 1.54) is 5.56 Å². The first-order chi connectivity index (χ1) is 15.2. The molecule has 0 radical (unpaired) electrons. The molecule has 31 heavy (non-hydrogen) atoms. The zero-order valence-electron chi connectivity index (χ0n) is 17.7. The highest BCUT2D eigenvalue weighted by molar-refractivity contribution is 5.71. The van der Waals surface area contributed by atoms with Crippen molar-refractivity contribution in [1.82, 2.24) is 0 Å². The maximum atomic E-state index is 6.08. The van der Waals surface area contributed by atoms with Gasteiger partial charge >= 0.3 is 0 Å². The van der Waals surface area contributed by atoms with Crippen molar-refractivity contribution in [2.24, 2.45) is 0 Å². The quantitative estimate of drug-likeness (QED) is 0.285. The molecule has 154 valence electrons. The van der Waals surface area contributed by atoms with Gasteiger partial charge in [-0.15, -0.1) is 0 Å². The van der Waals surface area contributed by atoms with E-state index in [9.17, 15) is 0 Å². The summed E-state index contributed by atoms with van der Waals surface area (Å²) in [5.74, 6) is 1.58. The summed E-state index contributed by atoms with van der Waals surface area (Å²) in [7, 11) is 0. The summed E-state index contributed by atoms with van der Waals surface area (Å²) in [5, 5.41) is 0. The van der Waals surface area contributed by atoms with E-state index >= 15 is 0 Å². The van der Waals surface area contributed by atoms with Gasteiger partial charge in [-0.2, -0.15) is 0 Å². The van der Waals surface area contributed by atoms with Crippen LogP contribution in [0, 0.1) is 6.92 Å². The summed E-state index contributed by atoms with van der Waals surface area (Å²) in [6, 6.07) is 34.9. The largest absolute Gasteiger partial charge is 0.489 e. The van der Waals surface area contributed by atoms with E-state index in [0.29, 0.717) is 13.2 Å². The first-order valence-electron chi connectivity index (χ1n) is 10.5. The van der Waals surface area contributed by atoms with Crippen LogP contribution in [0.3, 0.4) is 0 Å². The molecule has 0 saturated carbocycles. The van der Waals surface area contributed by atoms with Crippen molar-refractivity contribution in [3.8, 4) is 11.5 Å². The van der Waals surface area contributed by atoms with Crippen LogP contribution in [0.4, 0.5) is 0 Å². The number of rotatable bonds is 8. The third-order valence-electron chi connectivity index (χ3n) is 4.94. The third-order valence-corrected chi connectivity index (χ3v) is 4.94. The molecule has 0 amide bonds. The van der Waals surface area contributed by atoms with Crippen LogP contribution >= 0.6 is 0 Å². The molecule has 0 atom stereocenters. The van der Waals surface area contributed by atoms with Gasteiger partial charge in [-0.3, -0.25) is 0 Å². The summed E-state index contributed by atoms with van der Waals surface area (Å²) >= 11 is 0. The average Bonchev–Trinajstić information content (AvgIpc) is 2.82. The molecule has 0 heterocycles. The van der Waals surface area contributed by atoms with E-state index in [0.717, 1.165) is 33.8 Å². The van der Waals surface area contributed by atoms with Gasteiger partial charge in [-0.1, -0.05) is 103 Å². The third kappa shape index (κ3) is 6.35. The fraction of sp³-hybridized carbons (Fsp3) is 0.103. The molecule has 4 rings (SSSR count). The van der Waals surface area contributed by atoms with Gasteiger partial charge in [0.1, 0.15) is 24.7 Å². The second-order valence-corrected chi connectivity index (χ2v) is 7.53. The van der Waals surface area contributed by atoms with E-state index < -0.39 is 0 Å². The Kier molecular flexibility index (Phi) is 6.81. The Morgan fingerprint density at radius 2 is 1.03 bits per heavy atom. The smallest absolute Gasteiger partial charge is 0.124 e. The molecular weight excluding hydrogens is 380 g/mol. The minimum Gasteiger partial charge on any atom is -0.489 e. The lowest BCUT2D eigenvalue weighted by Crippen LogP contribution is -1.98. The van der Waals surface area contributed by atoms with E-state index in [1.807, 2.05) is 54.6 Å². The van der Waals surface area contributed by atoms with Crippen LogP contribution in [0.15, 0.2) is 103 Å². The lowest BCUT2D eigenvalue weighted by Gasteiger charge is -2.12. The standard InChI is InChI=1S/C29H26O2/c1-23-12-14-24(15-13-23)16-17-27-18-28(30-21-25-8-4-2-5-9-25)20-29(19-27)31-22-26-10-6-3-7-11-26/h2-20H,21-22H2,1H3/b17-16+. The highest BCUT2D eigenvalue weighted by Crippen LogP contribution is 2.26. The van der Waals surface area contributed by atoms with Crippen LogP contribution in [0.25, 0.3) is 12.2 Å². The highest BCUT2D eigenvalue weighted by atomic mass is 16.5. The Balaban J connectivity index is 1.53. The van der Waals surface area contributed by atoms with Crippen LogP contribution in [-0.4, -0.2) is 0 Å². The molecule has 0 fully saturated rings. The Labute approximate surface area is 184 Å². The molecule has 0 spiro atoms. The van der Waals surface area contributed by atoms with Gasteiger partial charge in [-0.05, 0) is 41.3 Å². The van der Waals surface area contributed by atoms with Gasteiger partial charge in [0.2, 0.25) is 0 Å². The van der Waals surface area contributed by atoms with Crippen molar-refractivity contribution in [1.29, 1.82) is 0 Å². The van der Waals surface area contributed by atoms with Gasteiger partial charge in [0, 0.05) is 6.07 Å². The van der Waals surface area contributed by atoms with Crippen LogP contribution in [-0.2, 0) is 13.2 Å². The van der Waals surface area contributed by atoms with Crippen molar-refractivity contribution in [3.63, 3.8) is 0 Å². The Morgan fingerprint density at radius 1 is 0.548 bits per heavy atom. The van der Waals surface area contributed by atoms with E-state index in [4.69, 9.17) is 9.47 Å². The lowest BCUT2D eigenvalue weighted by atomic mass is 10.1. The zero-order chi connectivity index (χ0) is 21.3. The van der Waals surface area contributed by atoms with Crippen LogP contribution in [0.1, 0.15) is 27.8 Å². The summed E-state index contributed by atoms with van der Waals surface area (Å²) in [6.07, 6.45) is 4.20. The summed E-state index contributed by atoms with van der Waals surface area (Å²) in [5.41, 5.74) is 5.72. The maximum absolute atomic E-state index is 6.08. The lowest BCUT2D eigenvalue weighted by molar-refractivity contribution is 0.290. The van der Waals surface area contributed by atoms with Crippen molar-refractivity contribution in [2.45, 2.75) is 20.1 Å². The Morgan fingerprint density at radius 3 is 1.55 bits per heavy atom. The highest BCUT2D eigenvalue weighted by Gasteiger charge is 2.04. The van der Waals surface area contributed by atoms with Gasteiger partial charge < -0.3 is 9.47 Å². The van der Waals surface area contributed by atoms with Crippen LogP contribution in [0.5, 0.6) is 11.5 Å². The molecule has 0 aliphatic carbocycles. The predicted molar refractivity (Wildman–Crippen MR) is 128 cm³/mol. The first-order valence-corrected chi connectivity index (χ1v) is 10.5. The van der Waals surface area contributed by atoms with E-state index in [2.05, 4.69) is 67.6 Å². The second kappa shape index (κ2) is 10.3. The predicted octanol–water partition coefficient (Wildman–Crippen LogP) is 7.32. The van der Waals surface area contributed by atoms with Gasteiger partial charge in [0.25, 0.3) is 0 Å². The number of benzene rings is 4. The molecule has 0 aliphatic heterocycles. The topological polar surface area (TPSA) is 18.5 Å². The molecule has 0 N–H and O–H groups in total. The summed E-state index contributed by atoms with van der Waals surface area (Å²) in [4.78, 5) is 0. The summed E-state index contributed by atoms with van der Waals surface area (Å²) < 4.78 is 12.2. The Hall–Kier alpha value is -3.78. The molecule has 0 bridgehead atoms.